The summed E-state index contributed by atoms with van der Waals surface area (Å²) in [6.45, 7) is 0.438. The number of aromatic carboxylic acids is 1. The summed E-state index contributed by atoms with van der Waals surface area (Å²) in [5.41, 5.74) is 0.471. The fraction of sp³-hybridized carbons (Fsp3) is 0.381. The fourth-order valence-electron chi connectivity index (χ4n) is 3.34. The third kappa shape index (κ3) is 7.76. The van der Waals surface area contributed by atoms with Crippen LogP contribution in [0.15, 0.2) is 46.1 Å². The Morgan fingerprint density at radius 3 is 2.91 bits per heavy atom. The number of carbonyl (C=O) groups is 2. The molecule has 0 unspecified atom stereocenters. The highest BCUT2D eigenvalue weighted by atomic mass is 32.2. The number of thioether (sulfide) groups is 1. The number of alkyl halides is 3. The molecule has 1 aliphatic heterocycles. The van der Waals surface area contributed by atoms with Crippen molar-refractivity contribution in [2.45, 2.75) is 42.1 Å². The van der Waals surface area contributed by atoms with Gasteiger partial charge in [0.15, 0.2) is 10.0 Å². The minimum absolute atomic E-state index is 0.00921. The van der Waals surface area contributed by atoms with E-state index in [-0.39, 0.29) is 29.8 Å². The molecule has 0 aliphatic carbocycles. The summed E-state index contributed by atoms with van der Waals surface area (Å²) in [5.74, 6) is -0.910. The van der Waals surface area contributed by atoms with Gasteiger partial charge >= 0.3 is 12.3 Å². The van der Waals surface area contributed by atoms with Gasteiger partial charge in [-0.05, 0) is 24.1 Å². The molecule has 33 heavy (non-hydrogen) atoms. The smallest absolute Gasteiger partial charge is 0.476 e. The van der Waals surface area contributed by atoms with Crippen LogP contribution in [0.2, 0.25) is 0 Å². The molecule has 1 fully saturated rings. The molecular formula is C21H21F3N2O5S2. The number of amides is 1. The number of aromatic nitrogens is 1. The monoisotopic (exact) mass is 502 g/mol. The number of hydrogen-bond donors (Lipinski definition) is 2. The van der Waals surface area contributed by atoms with E-state index in [1.54, 1.807) is 23.1 Å². The largest absolute Gasteiger partial charge is 0.573 e. The van der Waals surface area contributed by atoms with Gasteiger partial charge in [-0.3, -0.25) is 4.79 Å². The number of carbonyl (C=O) groups excluding carboxylic acids is 1. The van der Waals surface area contributed by atoms with Gasteiger partial charge in [-0.25, -0.2) is 9.78 Å². The van der Waals surface area contributed by atoms with Crippen molar-refractivity contribution in [3.8, 4) is 5.75 Å². The SMILES string of the molecule is O=C(O)c1csc(SCCN2C(=O)CC[C@@H]2/C=C/[C@@H](O)Cc2cccc(OC(F)(F)F)c2)n1. The minimum atomic E-state index is -4.79. The van der Waals surface area contributed by atoms with E-state index in [4.69, 9.17) is 5.11 Å². The Kier molecular flexibility index (Phi) is 8.38. The zero-order chi connectivity index (χ0) is 24.0. The van der Waals surface area contributed by atoms with Crippen molar-refractivity contribution in [2.24, 2.45) is 0 Å². The van der Waals surface area contributed by atoms with Crippen LogP contribution >= 0.6 is 23.1 Å². The second-order valence-corrected chi connectivity index (χ2v) is 9.40. The number of rotatable bonds is 10. The van der Waals surface area contributed by atoms with E-state index < -0.39 is 18.4 Å². The molecule has 7 nitrogen and oxygen atoms in total. The Balaban J connectivity index is 1.51. The molecule has 0 saturated carbocycles. The Bertz CT molecular complexity index is 1010. The van der Waals surface area contributed by atoms with Crippen molar-refractivity contribution < 1.29 is 37.7 Å². The number of aliphatic hydroxyl groups excluding tert-OH is 1. The van der Waals surface area contributed by atoms with Crippen LogP contribution in [-0.2, 0) is 11.2 Å². The molecule has 1 amide bonds. The zero-order valence-electron chi connectivity index (χ0n) is 17.2. The van der Waals surface area contributed by atoms with Crippen LogP contribution in [0.25, 0.3) is 0 Å². The molecular weight excluding hydrogens is 481 g/mol. The van der Waals surface area contributed by atoms with Gasteiger partial charge in [0.2, 0.25) is 5.91 Å². The second kappa shape index (κ2) is 11.0. The van der Waals surface area contributed by atoms with Gasteiger partial charge in [-0.15, -0.1) is 24.5 Å². The number of ether oxygens (including phenoxy) is 1. The van der Waals surface area contributed by atoms with E-state index >= 15 is 0 Å². The number of thiazole rings is 1. The molecule has 2 atom stereocenters. The maximum absolute atomic E-state index is 12.4. The molecule has 1 aromatic heterocycles. The highest BCUT2D eigenvalue weighted by Gasteiger charge is 2.31. The van der Waals surface area contributed by atoms with Gasteiger partial charge in [-0.1, -0.05) is 36.0 Å². The molecule has 0 bridgehead atoms. The van der Waals surface area contributed by atoms with Crippen molar-refractivity contribution in [1.82, 2.24) is 9.88 Å². The van der Waals surface area contributed by atoms with E-state index in [1.807, 2.05) is 0 Å². The number of carboxylic acids is 1. The second-order valence-electron chi connectivity index (χ2n) is 7.20. The molecule has 12 heteroatoms. The van der Waals surface area contributed by atoms with E-state index in [0.717, 1.165) is 0 Å². The van der Waals surface area contributed by atoms with Gasteiger partial charge in [-0.2, -0.15) is 0 Å². The summed E-state index contributed by atoms with van der Waals surface area (Å²) in [4.78, 5) is 28.8. The van der Waals surface area contributed by atoms with Crippen molar-refractivity contribution in [2.75, 3.05) is 12.3 Å². The standard InChI is InChI=1S/C21H21F3N2O5S2/c22-21(23,24)31-16-3-1-2-13(11-16)10-15(27)6-4-14-5-7-18(28)26(14)8-9-32-20-25-17(12-33-20)19(29)30/h1-4,6,11-12,14-15,27H,5,7-10H2,(H,29,30)/b6-4+/t14-,15+/m0/s1. The summed E-state index contributed by atoms with van der Waals surface area (Å²) in [6.07, 6.45) is -1.37. The molecule has 0 radical (unpaired) electrons. The lowest BCUT2D eigenvalue weighted by Crippen LogP contribution is -2.33. The Morgan fingerprint density at radius 1 is 1.42 bits per heavy atom. The van der Waals surface area contributed by atoms with Gasteiger partial charge in [0.1, 0.15) is 5.75 Å². The molecule has 2 heterocycles. The lowest BCUT2D eigenvalue weighted by atomic mass is 10.1. The van der Waals surface area contributed by atoms with Gasteiger partial charge < -0.3 is 19.8 Å². The van der Waals surface area contributed by atoms with E-state index in [0.29, 0.717) is 35.0 Å². The lowest BCUT2D eigenvalue weighted by molar-refractivity contribution is -0.274. The summed E-state index contributed by atoms with van der Waals surface area (Å²) in [5, 5.41) is 20.7. The Morgan fingerprint density at radius 2 is 2.21 bits per heavy atom. The maximum Gasteiger partial charge on any atom is 0.573 e. The van der Waals surface area contributed by atoms with E-state index in [2.05, 4.69) is 9.72 Å². The molecule has 0 spiro atoms. The average Bonchev–Trinajstić information content (AvgIpc) is 3.33. The summed E-state index contributed by atoms with van der Waals surface area (Å²) >= 11 is 2.60. The number of halogens is 3. The molecule has 178 valence electrons. The third-order valence-electron chi connectivity index (χ3n) is 4.77. The first kappa shape index (κ1) is 25.1. The van der Waals surface area contributed by atoms with Crippen LogP contribution in [0.1, 0.15) is 28.9 Å². The quantitative estimate of drug-likeness (QED) is 0.374. The highest BCUT2D eigenvalue weighted by Crippen LogP contribution is 2.26. The third-order valence-corrected chi connectivity index (χ3v) is 6.77. The number of nitrogens with zero attached hydrogens (tertiary/aromatic N) is 2. The molecule has 2 aromatic rings. The number of benzene rings is 1. The fourth-order valence-corrected chi connectivity index (χ4v) is 5.14. The van der Waals surface area contributed by atoms with Gasteiger partial charge in [0.25, 0.3) is 0 Å². The summed E-state index contributed by atoms with van der Waals surface area (Å²) in [6, 6.07) is 5.23. The topological polar surface area (TPSA) is 100.0 Å². The number of carboxylic acid groups (broad SMARTS) is 1. The zero-order valence-corrected chi connectivity index (χ0v) is 18.8. The van der Waals surface area contributed by atoms with Crippen molar-refractivity contribution in [3.05, 3.63) is 53.1 Å². The van der Waals surface area contributed by atoms with Gasteiger partial charge in [0, 0.05) is 30.5 Å². The first-order chi connectivity index (χ1) is 15.6. The van der Waals surface area contributed by atoms with Crippen molar-refractivity contribution >= 4 is 35.0 Å². The van der Waals surface area contributed by atoms with Crippen molar-refractivity contribution in [1.29, 1.82) is 0 Å². The molecule has 3 rings (SSSR count). The summed E-state index contributed by atoms with van der Waals surface area (Å²) in [7, 11) is 0. The van der Waals surface area contributed by atoms with Crippen LogP contribution in [0, 0.1) is 0 Å². The predicted octanol–water partition coefficient (Wildman–Crippen LogP) is 3.98. The van der Waals surface area contributed by atoms with Crippen LogP contribution in [-0.4, -0.2) is 62.8 Å². The van der Waals surface area contributed by atoms with Crippen LogP contribution in [0.3, 0.4) is 0 Å². The average molecular weight is 503 g/mol. The van der Waals surface area contributed by atoms with E-state index in [9.17, 15) is 27.9 Å². The van der Waals surface area contributed by atoms with Gasteiger partial charge in [0.05, 0.1) is 12.1 Å². The summed E-state index contributed by atoms with van der Waals surface area (Å²) < 4.78 is 41.6. The Hall–Kier alpha value is -2.57. The first-order valence-corrected chi connectivity index (χ1v) is 11.8. The number of aliphatic hydroxyl groups is 1. The predicted molar refractivity (Wildman–Crippen MR) is 117 cm³/mol. The first-order valence-electron chi connectivity index (χ1n) is 9.93. The van der Waals surface area contributed by atoms with Crippen LogP contribution in [0.5, 0.6) is 5.75 Å². The lowest BCUT2D eigenvalue weighted by Gasteiger charge is -2.22. The van der Waals surface area contributed by atoms with Crippen molar-refractivity contribution in [3.63, 3.8) is 0 Å². The Labute approximate surface area is 195 Å². The number of hydrogen-bond acceptors (Lipinski definition) is 7. The number of likely N-dealkylation sites (tertiary alicyclic amines) is 1. The van der Waals surface area contributed by atoms with Crippen LogP contribution in [0.4, 0.5) is 13.2 Å². The molecule has 1 saturated heterocycles. The maximum atomic E-state index is 12.4. The minimum Gasteiger partial charge on any atom is -0.476 e. The molecule has 1 aromatic carbocycles. The molecule has 1 aliphatic rings. The normalized spacial score (nSPS) is 17.6. The highest BCUT2D eigenvalue weighted by molar-refractivity contribution is 8.01. The van der Waals surface area contributed by atoms with E-state index in [1.165, 1.54) is 46.7 Å². The van der Waals surface area contributed by atoms with Crippen LogP contribution < -0.4 is 4.74 Å². The molecule has 2 N–H and O–H groups in total.